The standard InChI is InChI=1S/C21H28N2O3S/c1-4-5-6-7-14-26-20-12-10-19(11-13-20)16-22-23-27(24,25)21-15-17(2)8-9-18(21)3/h8-13,15-16,23H,4-7,14H2,1-3H3. The summed E-state index contributed by atoms with van der Waals surface area (Å²) in [5.41, 5.74) is 2.36. The van der Waals surface area contributed by atoms with E-state index in [2.05, 4.69) is 16.9 Å². The summed E-state index contributed by atoms with van der Waals surface area (Å²) >= 11 is 0. The Morgan fingerprint density at radius 2 is 1.78 bits per heavy atom. The highest BCUT2D eigenvalue weighted by Gasteiger charge is 2.15. The Morgan fingerprint density at radius 1 is 1.04 bits per heavy atom. The van der Waals surface area contributed by atoms with E-state index in [-0.39, 0.29) is 4.90 Å². The van der Waals surface area contributed by atoms with Crippen LogP contribution in [0.5, 0.6) is 5.75 Å². The quantitative estimate of drug-likeness (QED) is 0.368. The van der Waals surface area contributed by atoms with Gasteiger partial charge in [-0.05, 0) is 67.3 Å². The van der Waals surface area contributed by atoms with Crippen molar-refractivity contribution in [1.29, 1.82) is 0 Å². The van der Waals surface area contributed by atoms with Crippen LogP contribution in [0.2, 0.25) is 0 Å². The van der Waals surface area contributed by atoms with Gasteiger partial charge in [-0.25, -0.2) is 4.83 Å². The topological polar surface area (TPSA) is 67.8 Å². The lowest BCUT2D eigenvalue weighted by molar-refractivity contribution is 0.305. The number of hydrogen-bond acceptors (Lipinski definition) is 4. The summed E-state index contributed by atoms with van der Waals surface area (Å²) < 4.78 is 30.5. The Morgan fingerprint density at radius 3 is 2.48 bits per heavy atom. The van der Waals surface area contributed by atoms with Gasteiger partial charge in [-0.3, -0.25) is 0 Å². The van der Waals surface area contributed by atoms with Crippen molar-refractivity contribution in [3.63, 3.8) is 0 Å². The summed E-state index contributed by atoms with van der Waals surface area (Å²) in [6.07, 6.45) is 6.16. The zero-order chi connectivity index (χ0) is 19.7. The summed E-state index contributed by atoms with van der Waals surface area (Å²) in [6, 6.07) is 12.7. The number of unbranched alkanes of at least 4 members (excludes halogenated alkanes) is 3. The maximum Gasteiger partial charge on any atom is 0.276 e. The summed E-state index contributed by atoms with van der Waals surface area (Å²) in [7, 11) is -3.68. The molecule has 2 aromatic carbocycles. The lowest BCUT2D eigenvalue weighted by Crippen LogP contribution is -2.19. The average molecular weight is 389 g/mol. The van der Waals surface area contributed by atoms with Crippen molar-refractivity contribution >= 4 is 16.2 Å². The fraction of sp³-hybridized carbons (Fsp3) is 0.381. The number of nitrogens with one attached hydrogen (secondary N) is 1. The lowest BCUT2D eigenvalue weighted by atomic mass is 10.2. The van der Waals surface area contributed by atoms with E-state index >= 15 is 0 Å². The molecule has 0 bridgehead atoms. The van der Waals surface area contributed by atoms with E-state index in [9.17, 15) is 8.42 Å². The monoisotopic (exact) mass is 388 g/mol. The molecule has 1 N–H and O–H groups in total. The molecule has 0 aliphatic rings. The summed E-state index contributed by atoms with van der Waals surface area (Å²) in [5.74, 6) is 0.805. The minimum Gasteiger partial charge on any atom is -0.494 e. The first-order chi connectivity index (χ1) is 12.9. The van der Waals surface area contributed by atoms with Gasteiger partial charge in [-0.15, -0.1) is 0 Å². The van der Waals surface area contributed by atoms with E-state index in [1.807, 2.05) is 37.3 Å². The summed E-state index contributed by atoms with van der Waals surface area (Å²) in [5, 5.41) is 3.88. The Balaban J connectivity index is 1.91. The third-order valence-electron chi connectivity index (χ3n) is 4.17. The van der Waals surface area contributed by atoms with Crippen molar-refractivity contribution in [3.8, 4) is 5.75 Å². The Hall–Kier alpha value is -2.34. The molecule has 6 heteroatoms. The predicted molar refractivity (Wildman–Crippen MR) is 110 cm³/mol. The highest BCUT2D eigenvalue weighted by Crippen LogP contribution is 2.16. The average Bonchev–Trinajstić information content (AvgIpc) is 2.64. The van der Waals surface area contributed by atoms with E-state index in [0.29, 0.717) is 12.2 Å². The van der Waals surface area contributed by atoms with Gasteiger partial charge in [0.05, 0.1) is 17.7 Å². The van der Waals surface area contributed by atoms with E-state index in [0.717, 1.165) is 23.3 Å². The highest BCUT2D eigenvalue weighted by molar-refractivity contribution is 7.89. The number of hydrogen-bond donors (Lipinski definition) is 1. The molecule has 0 aliphatic heterocycles. The van der Waals surface area contributed by atoms with Crippen LogP contribution in [-0.4, -0.2) is 21.2 Å². The number of hydrazone groups is 1. The molecule has 0 fully saturated rings. The van der Waals surface area contributed by atoms with Gasteiger partial charge in [0, 0.05) is 0 Å². The van der Waals surface area contributed by atoms with Gasteiger partial charge in [0.1, 0.15) is 5.75 Å². The third kappa shape index (κ3) is 6.71. The van der Waals surface area contributed by atoms with Crippen LogP contribution >= 0.6 is 0 Å². The fourth-order valence-corrected chi connectivity index (χ4v) is 3.71. The predicted octanol–water partition coefficient (Wildman–Crippen LogP) is 4.57. The number of ether oxygens (including phenoxy) is 1. The fourth-order valence-electron chi connectivity index (χ4n) is 2.59. The van der Waals surface area contributed by atoms with Crippen LogP contribution in [0.15, 0.2) is 52.5 Å². The SMILES string of the molecule is CCCCCCOc1ccc(C=NNS(=O)(=O)c2cc(C)ccc2C)cc1. The maximum absolute atomic E-state index is 12.4. The van der Waals surface area contributed by atoms with Crippen molar-refractivity contribution in [1.82, 2.24) is 4.83 Å². The molecule has 0 aromatic heterocycles. The number of nitrogens with zero attached hydrogens (tertiary/aromatic N) is 1. The normalized spacial score (nSPS) is 11.7. The van der Waals surface area contributed by atoms with Gasteiger partial charge in [0.25, 0.3) is 10.0 Å². The first-order valence-electron chi connectivity index (χ1n) is 9.27. The molecule has 0 radical (unpaired) electrons. The molecule has 0 saturated carbocycles. The largest absolute Gasteiger partial charge is 0.494 e. The molecule has 0 amide bonds. The molecule has 0 atom stereocenters. The highest BCUT2D eigenvalue weighted by atomic mass is 32.2. The second kappa shape index (κ2) is 10.1. The molecular formula is C21H28N2O3S. The molecule has 0 spiro atoms. The molecule has 0 aliphatic carbocycles. The van der Waals surface area contributed by atoms with E-state index in [1.54, 1.807) is 19.1 Å². The molecule has 2 rings (SSSR count). The summed E-state index contributed by atoms with van der Waals surface area (Å²) in [4.78, 5) is 2.51. The van der Waals surface area contributed by atoms with Crippen molar-refractivity contribution in [2.45, 2.75) is 51.3 Å². The zero-order valence-corrected chi connectivity index (χ0v) is 17.1. The molecule has 0 saturated heterocycles. The van der Waals surface area contributed by atoms with Gasteiger partial charge >= 0.3 is 0 Å². The van der Waals surface area contributed by atoms with Crippen molar-refractivity contribution in [2.75, 3.05) is 6.61 Å². The Kier molecular flexibility index (Phi) is 7.85. The van der Waals surface area contributed by atoms with E-state index in [1.165, 1.54) is 25.5 Å². The smallest absolute Gasteiger partial charge is 0.276 e. The third-order valence-corrected chi connectivity index (χ3v) is 5.53. The molecule has 146 valence electrons. The van der Waals surface area contributed by atoms with Crippen LogP contribution < -0.4 is 9.57 Å². The minimum atomic E-state index is -3.68. The zero-order valence-electron chi connectivity index (χ0n) is 16.2. The maximum atomic E-state index is 12.4. The number of aryl methyl sites for hydroxylation is 2. The van der Waals surface area contributed by atoms with E-state index < -0.39 is 10.0 Å². The molecule has 0 unspecified atom stereocenters. The van der Waals surface area contributed by atoms with Gasteiger partial charge < -0.3 is 4.74 Å². The van der Waals surface area contributed by atoms with Crippen molar-refractivity contribution < 1.29 is 13.2 Å². The number of benzene rings is 2. The minimum absolute atomic E-state index is 0.242. The van der Waals surface area contributed by atoms with Crippen molar-refractivity contribution in [3.05, 3.63) is 59.2 Å². The number of rotatable bonds is 10. The lowest BCUT2D eigenvalue weighted by Gasteiger charge is -2.08. The Bertz CT molecular complexity index is 859. The first kappa shape index (κ1) is 21.0. The van der Waals surface area contributed by atoms with Crippen LogP contribution in [0.1, 0.15) is 49.3 Å². The number of sulfonamides is 1. The second-order valence-corrected chi connectivity index (χ2v) is 8.23. The molecule has 2 aromatic rings. The van der Waals surface area contributed by atoms with Crippen LogP contribution in [0.25, 0.3) is 0 Å². The first-order valence-corrected chi connectivity index (χ1v) is 10.8. The van der Waals surface area contributed by atoms with Crippen LogP contribution in [0.3, 0.4) is 0 Å². The van der Waals surface area contributed by atoms with E-state index in [4.69, 9.17) is 4.74 Å². The van der Waals surface area contributed by atoms with Gasteiger partial charge in [-0.1, -0.05) is 38.3 Å². The van der Waals surface area contributed by atoms with Crippen molar-refractivity contribution in [2.24, 2.45) is 5.10 Å². The van der Waals surface area contributed by atoms with Gasteiger partial charge in [0.15, 0.2) is 0 Å². The second-order valence-electron chi connectivity index (χ2n) is 6.60. The Labute approximate surface area is 162 Å². The molecule has 0 heterocycles. The molecular weight excluding hydrogens is 360 g/mol. The van der Waals surface area contributed by atoms with Crippen LogP contribution in [0, 0.1) is 13.8 Å². The summed E-state index contributed by atoms with van der Waals surface area (Å²) in [6.45, 7) is 6.51. The molecule has 27 heavy (non-hydrogen) atoms. The van der Waals surface area contributed by atoms with Gasteiger partial charge in [0.2, 0.25) is 0 Å². The van der Waals surface area contributed by atoms with Gasteiger partial charge in [-0.2, -0.15) is 13.5 Å². The molecule has 5 nitrogen and oxygen atoms in total. The van der Waals surface area contributed by atoms with Crippen LogP contribution in [0.4, 0.5) is 0 Å². The van der Waals surface area contributed by atoms with Crippen LogP contribution in [-0.2, 0) is 10.0 Å².